The van der Waals surface area contributed by atoms with Crippen LogP contribution < -0.4 is 15.4 Å². The standard InChI is InChI=1S/C21H22N6O/c1-27(16-8-10-17(28-2)11-9-16)20-19-14(6-7-15-12-23-13-24-15)4-3-5-18(19)25-21(22)26-20/h3-5,8-13H,6-7H2,1-2H3,(H,23,24)(H2,22,25,26). The number of aromatic amines is 1. The number of benzene rings is 2. The van der Waals surface area contributed by atoms with Crippen molar-refractivity contribution in [3.8, 4) is 5.75 Å². The maximum atomic E-state index is 6.01. The van der Waals surface area contributed by atoms with Crippen LogP contribution in [0.2, 0.25) is 0 Å². The molecule has 4 aromatic rings. The molecule has 0 saturated carbocycles. The number of rotatable bonds is 6. The molecule has 0 aliphatic rings. The van der Waals surface area contributed by atoms with Crippen LogP contribution in [0.4, 0.5) is 17.5 Å². The number of methoxy groups -OCH3 is 1. The zero-order chi connectivity index (χ0) is 19.5. The van der Waals surface area contributed by atoms with Crippen LogP contribution in [0, 0.1) is 0 Å². The Bertz CT molecular complexity index is 1080. The molecule has 7 heteroatoms. The number of nitrogens with zero attached hydrogens (tertiary/aromatic N) is 4. The van der Waals surface area contributed by atoms with Crippen molar-refractivity contribution in [2.45, 2.75) is 12.8 Å². The third-order valence-electron chi connectivity index (χ3n) is 4.80. The maximum absolute atomic E-state index is 6.01. The second kappa shape index (κ2) is 7.56. The van der Waals surface area contributed by atoms with Crippen molar-refractivity contribution in [1.29, 1.82) is 0 Å². The van der Waals surface area contributed by atoms with Crippen LogP contribution in [0.5, 0.6) is 5.75 Å². The third kappa shape index (κ3) is 3.46. The van der Waals surface area contributed by atoms with Crippen molar-refractivity contribution < 1.29 is 4.74 Å². The molecule has 0 spiro atoms. The SMILES string of the molecule is COc1ccc(N(C)c2nc(N)nc3cccc(CCc4cnc[nH]4)c23)cc1. The van der Waals surface area contributed by atoms with E-state index in [1.807, 2.05) is 54.5 Å². The molecule has 2 heterocycles. The molecule has 2 aromatic carbocycles. The fourth-order valence-corrected chi connectivity index (χ4v) is 3.32. The lowest BCUT2D eigenvalue weighted by molar-refractivity contribution is 0.415. The minimum Gasteiger partial charge on any atom is -0.497 e. The van der Waals surface area contributed by atoms with Gasteiger partial charge in [0.2, 0.25) is 5.95 Å². The summed E-state index contributed by atoms with van der Waals surface area (Å²) in [6, 6.07) is 13.9. The number of H-pyrrole nitrogens is 1. The summed E-state index contributed by atoms with van der Waals surface area (Å²) in [5.41, 5.74) is 10.1. The van der Waals surface area contributed by atoms with Gasteiger partial charge in [-0.1, -0.05) is 12.1 Å². The first kappa shape index (κ1) is 17.8. The highest BCUT2D eigenvalue weighted by atomic mass is 16.5. The molecule has 0 aliphatic carbocycles. The Morgan fingerprint density at radius 3 is 2.61 bits per heavy atom. The Kier molecular flexibility index (Phi) is 4.80. The van der Waals surface area contributed by atoms with Crippen molar-refractivity contribution in [2.75, 3.05) is 24.8 Å². The summed E-state index contributed by atoms with van der Waals surface area (Å²) < 4.78 is 5.26. The summed E-state index contributed by atoms with van der Waals surface area (Å²) in [6.45, 7) is 0. The summed E-state index contributed by atoms with van der Waals surface area (Å²) in [6.07, 6.45) is 5.25. The first-order valence-electron chi connectivity index (χ1n) is 9.06. The highest BCUT2D eigenvalue weighted by Gasteiger charge is 2.16. The molecule has 0 fully saturated rings. The lowest BCUT2D eigenvalue weighted by Gasteiger charge is -2.22. The average molecular weight is 374 g/mol. The predicted octanol–water partition coefficient (Wildman–Crippen LogP) is 3.50. The Morgan fingerprint density at radius 1 is 1.07 bits per heavy atom. The molecule has 0 atom stereocenters. The Hall–Kier alpha value is -3.61. The first-order chi connectivity index (χ1) is 13.7. The van der Waals surface area contributed by atoms with Gasteiger partial charge >= 0.3 is 0 Å². The van der Waals surface area contributed by atoms with Crippen LogP contribution in [0.25, 0.3) is 10.9 Å². The average Bonchev–Trinajstić information content (AvgIpc) is 3.24. The minimum atomic E-state index is 0.258. The molecule has 0 aliphatic heterocycles. The molecule has 0 bridgehead atoms. The van der Waals surface area contributed by atoms with Gasteiger partial charge in [0.25, 0.3) is 0 Å². The molecule has 0 radical (unpaired) electrons. The summed E-state index contributed by atoms with van der Waals surface area (Å²) in [5.74, 6) is 1.85. The van der Waals surface area contributed by atoms with Crippen molar-refractivity contribution in [2.24, 2.45) is 0 Å². The number of imidazole rings is 1. The Labute approximate surface area is 163 Å². The van der Waals surface area contributed by atoms with Gasteiger partial charge in [-0.25, -0.2) is 9.97 Å². The van der Waals surface area contributed by atoms with E-state index < -0.39 is 0 Å². The quantitative estimate of drug-likeness (QED) is 0.537. The fourth-order valence-electron chi connectivity index (χ4n) is 3.32. The highest BCUT2D eigenvalue weighted by Crippen LogP contribution is 2.33. The van der Waals surface area contributed by atoms with Crippen molar-refractivity contribution in [3.63, 3.8) is 0 Å². The second-order valence-electron chi connectivity index (χ2n) is 6.55. The smallest absolute Gasteiger partial charge is 0.222 e. The molecule has 2 aromatic heterocycles. The molecule has 3 N–H and O–H groups in total. The molecule has 0 amide bonds. The summed E-state index contributed by atoms with van der Waals surface area (Å²) >= 11 is 0. The van der Waals surface area contributed by atoms with E-state index in [4.69, 9.17) is 10.5 Å². The zero-order valence-electron chi connectivity index (χ0n) is 15.9. The Morgan fingerprint density at radius 2 is 1.89 bits per heavy atom. The van der Waals surface area contributed by atoms with Crippen molar-refractivity contribution in [3.05, 3.63) is 66.2 Å². The molecule has 142 valence electrons. The van der Waals surface area contributed by atoms with Gasteiger partial charge in [0.05, 0.1) is 19.0 Å². The highest BCUT2D eigenvalue weighted by molar-refractivity contribution is 5.95. The van der Waals surface area contributed by atoms with Crippen LogP contribution in [-0.4, -0.2) is 34.1 Å². The van der Waals surface area contributed by atoms with Gasteiger partial charge in [0.15, 0.2) is 0 Å². The minimum absolute atomic E-state index is 0.258. The van der Waals surface area contributed by atoms with Crippen LogP contribution in [0.1, 0.15) is 11.3 Å². The number of ether oxygens (including phenoxy) is 1. The van der Waals surface area contributed by atoms with E-state index in [1.165, 1.54) is 5.56 Å². The number of nitrogen functional groups attached to an aromatic ring is 1. The van der Waals surface area contributed by atoms with Crippen LogP contribution >= 0.6 is 0 Å². The first-order valence-corrected chi connectivity index (χ1v) is 9.06. The maximum Gasteiger partial charge on any atom is 0.222 e. The van der Waals surface area contributed by atoms with E-state index in [2.05, 4.69) is 26.0 Å². The predicted molar refractivity (Wildman–Crippen MR) is 111 cm³/mol. The van der Waals surface area contributed by atoms with Gasteiger partial charge in [-0.2, -0.15) is 4.98 Å². The van der Waals surface area contributed by atoms with E-state index in [0.717, 1.165) is 46.7 Å². The van der Waals surface area contributed by atoms with E-state index in [9.17, 15) is 0 Å². The number of hydrogen-bond donors (Lipinski definition) is 2. The molecule has 0 unspecified atom stereocenters. The number of aryl methyl sites for hydroxylation is 2. The van der Waals surface area contributed by atoms with Gasteiger partial charge in [0, 0.05) is 30.0 Å². The Balaban J connectivity index is 1.77. The monoisotopic (exact) mass is 374 g/mol. The van der Waals surface area contributed by atoms with Crippen molar-refractivity contribution >= 4 is 28.4 Å². The van der Waals surface area contributed by atoms with Crippen molar-refractivity contribution in [1.82, 2.24) is 19.9 Å². The van der Waals surface area contributed by atoms with E-state index in [-0.39, 0.29) is 5.95 Å². The summed E-state index contributed by atoms with van der Waals surface area (Å²) in [7, 11) is 3.64. The number of anilines is 3. The number of fused-ring (bicyclic) bond motifs is 1. The van der Waals surface area contributed by atoms with E-state index >= 15 is 0 Å². The largest absolute Gasteiger partial charge is 0.497 e. The molecular weight excluding hydrogens is 352 g/mol. The molecule has 28 heavy (non-hydrogen) atoms. The van der Waals surface area contributed by atoms with Gasteiger partial charge in [-0.15, -0.1) is 0 Å². The lowest BCUT2D eigenvalue weighted by atomic mass is 10.0. The summed E-state index contributed by atoms with van der Waals surface area (Å²) in [4.78, 5) is 18.3. The molecular formula is C21H22N6O. The normalized spacial score (nSPS) is 10.9. The molecule has 7 nitrogen and oxygen atoms in total. The molecule has 0 saturated heterocycles. The molecule has 4 rings (SSSR count). The second-order valence-corrected chi connectivity index (χ2v) is 6.55. The number of nitrogens with one attached hydrogen (secondary N) is 1. The van der Waals surface area contributed by atoms with Crippen LogP contribution in [0.3, 0.4) is 0 Å². The van der Waals surface area contributed by atoms with Gasteiger partial charge < -0.3 is 20.4 Å². The number of aromatic nitrogens is 4. The lowest BCUT2D eigenvalue weighted by Crippen LogP contribution is -2.14. The van der Waals surface area contributed by atoms with E-state index in [0.29, 0.717) is 0 Å². The topological polar surface area (TPSA) is 92.9 Å². The zero-order valence-corrected chi connectivity index (χ0v) is 15.9. The van der Waals surface area contributed by atoms with Gasteiger partial charge in [-0.05, 0) is 48.7 Å². The number of nitrogens with two attached hydrogens (primary N) is 1. The third-order valence-corrected chi connectivity index (χ3v) is 4.80. The van der Waals surface area contributed by atoms with Gasteiger partial charge in [0.1, 0.15) is 11.6 Å². The van der Waals surface area contributed by atoms with Gasteiger partial charge in [-0.3, -0.25) is 0 Å². The van der Waals surface area contributed by atoms with Crippen LogP contribution in [0.15, 0.2) is 55.0 Å². The summed E-state index contributed by atoms with van der Waals surface area (Å²) in [5, 5.41) is 1.01. The van der Waals surface area contributed by atoms with Crippen LogP contribution in [-0.2, 0) is 12.8 Å². The number of hydrogen-bond acceptors (Lipinski definition) is 6. The fraction of sp³-hybridized carbons (Fsp3) is 0.190. The van der Waals surface area contributed by atoms with E-state index in [1.54, 1.807) is 13.4 Å².